The number of rotatable bonds is 6. The minimum absolute atomic E-state index is 0.00851. The van der Waals surface area contributed by atoms with Gasteiger partial charge in [-0.1, -0.05) is 13.3 Å². The number of carbonyl (C=O) groups is 1. The van der Waals surface area contributed by atoms with E-state index in [-0.39, 0.29) is 11.5 Å². The zero-order valence-corrected chi connectivity index (χ0v) is 15.2. The number of nitro groups is 1. The summed E-state index contributed by atoms with van der Waals surface area (Å²) in [7, 11) is 0. The van der Waals surface area contributed by atoms with Crippen LogP contribution in [0.5, 0.6) is 0 Å². The predicted molar refractivity (Wildman–Crippen MR) is 100 cm³/mol. The van der Waals surface area contributed by atoms with Crippen LogP contribution in [-0.4, -0.2) is 10.7 Å². The largest absolute Gasteiger partial charge is 0.468 e. The summed E-state index contributed by atoms with van der Waals surface area (Å²) in [5.41, 5.74) is 4.50. The minimum atomic E-state index is -0.458. The fourth-order valence-corrected chi connectivity index (χ4v) is 3.54. The Balaban J connectivity index is 1.93. The molecule has 0 N–H and O–H groups in total. The number of aryl methyl sites for hydroxylation is 1. The number of ketones is 1. The zero-order valence-electron chi connectivity index (χ0n) is 15.2. The summed E-state index contributed by atoms with van der Waals surface area (Å²) < 4.78 is 5.80. The van der Waals surface area contributed by atoms with Crippen LogP contribution >= 0.6 is 0 Å². The van der Waals surface area contributed by atoms with E-state index in [2.05, 4.69) is 6.92 Å². The van der Waals surface area contributed by atoms with E-state index in [1.165, 1.54) is 29.8 Å². The molecule has 1 aromatic heterocycles. The third-order valence-electron chi connectivity index (χ3n) is 5.06. The lowest BCUT2D eigenvalue weighted by Gasteiger charge is -2.08. The fourth-order valence-electron chi connectivity index (χ4n) is 3.54. The third-order valence-corrected chi connectivity index (χ3v) is 5.06. The highest BCUT2D eigenvalue weighted by Crippen LogP contribution is 2.35. The van der Waals surface area contributed by atoms with Crippen LogP contribution in [0.4, 0.5) is 5.69 Å². The molecule has 3 rings (SSSR count). The molecule has 0 aliphatic heterocycles. The molecule has 0 atom stereocenters. The van der Waals surface area contributed by atoms with Crippen molar-refractivity contribution in [2.45, 2.75) is 52.4 Å². The first-order chi connectivity index (χ1) is 12.5. The summed E-state index contributed by atoms with van der Waals surface area (Å²) in [6.45, 7) is 4.13. The lowest BCUT2D eigenvalue weighted by atomic mass is 9.94. The van der Waals surface area contributed by atoms with Gasteiger partial charge in [0.2, 0.25) is 0 Å². The average Bonchev–Trinajstić information content (AvgIpc) is 2.97. The number of unbranched alkanes of at least 4 members (excludes halogenated alkanes) is 1. The Morgan fingerprint density at radius 1 is 1.23 bits per heavy atom. The molecule has 0 spiro atoms. The summed E-state index contributed by atoms with van der Waals surface area (Å²) in [6.07, 6.45) is 7.46. The van der Waals surface area contributed by atoms with Gasteiger partial charge < -0.3 is 4.42 Å². The number of fused-ring (bicyclic) bond motifs is 1. The first-order valence-corrected chi connectivity index (χ1v) is 9.11. The second-order valence-electron chi connectivity index (χ2n) is 6.74. The molecule has 0 amide bonds. The van der Waals surface area contributed by atoms with Crippen molar-refractivity contribution in [3.63, 3.8) is 0 Å². The van der Waals surface area contributed by atoms with E-state index in [4.69, 9.17) is 4.42 Å². The van der Waals surface area contributed by atoms with E-state index in [1.54, 1.807) is 6.26 Å². The molecule has 1 heterocycles. The number of nitro benzene ring substituents is 1. The molecule has 5 nitrogen and oxygen atoms in total. The monoisotopic (exact) mass is 353 g/mol. The quantitative estimate of drug-likeness (QED) is 0.389. The van der Waals surface area contributed by atoms with Crippen LogP contribution in [0.25, 0.3) is 5.57 Å². The number of Topliss-reactive ketones (excluding diaryl/α,β-unsaturated/α-hetero) is 1. The Morgan fingerprint density at radius 3 is 2.62 bits per heavy atom. The topological polar surface area (TPSA) is 73.3 Å². The van der Waals surface area contributed by atoms with Gasteiger partial charge in [-0.15, -0.1) is 0 Å². The van der Waals surface area contributed by atoms with E-state index in [0.29, 0.717) is 12.0 Å². The molecule has 0 unspecified atom stereocenters. The van der Waals surface area contributed by atoms with E-state index in [0.717, 1.165) is 54.6 Å². The van der Waals surface area contributed by atoms with Gasteiger partial charge in [0.15, 0.2) is 5.78 Å². The maximum atomic E-state index is 13.0. The number of carbonyl (C=O) groups excluding carboxylic acids is 1. The summed E-state index contributed by atoms with van der Waals surface area (Å²) in [5.74, 6) is 0.992. The molecule has 0 bridgehead atoms. The predicted octanol–water partition coefficient (Wildman–Crippen LogP) is 5.52. The second-order valence-corrected chi connectivity index (χ2v) is 6.74. The molecule has 1 aliphatic carbocycles. The number of benzene rings is 1. The highest BCUT2D eigenvalue weighted by Gasteiger charge is 2.24. The van der Waals surface area contributed by atoms with Crippen LogP contribution in [0.1, 0.15) is 66.8 Å². The molecule has 5 heteroatoms. The summed E-state index contributed by atoms with van der Waals surface area (Å²) >= 11 is 0. The molecule has 0 radical (unpaired) electrons. The standard InChI is InChI=1S/C21H23NO4/c1-3-4-8-20-18-7-5-6-17(14(2)19(18)13-26-20)21(23)15-9-11-16(12-10-15)22(24)25/h9-13H,3-8H2,1-2H3. The van der Waals surface area contributed by atoms with Crippen LogP contribution in [0.3, 0.4) is 0 Å². The van der Waals surface area contributed by atoms with Gasteiger partial charge in [-0.2, -0.15) is 0 Å². The Kier molecular flexibility index (Phi) is 5.35. The molecule has 2 aromatic rings. The zero-order chi connectivity index (χ0) is 18.7. The van der Waals surface area contributed by atoms with E-state index in [9.17, 15) is 14.9 Å². The number of nitrogens with zero attached hydrogens (tertiary/aromatic N) is 1. The van der Waals surface area contributed by atoms with Gasteiger partial charge in [0.1, 0.15) is 5.76 Å². The molecule has 0 fully saturated rings. The number of hydrogen-bond donors (Lipinski definition) is 0. The van der Waals surface area contributed by atoms with Gasteiger partial charge in [0.25, 0.3) is 5.69 Å². The van der Waals surface area contributed by atoms with Crippen LogP contribution in [0, 0.1) is 10.1 Å². The first kappa shape index (κ1) is 18.1. The number of hydrogen-bond acceptors (Lipinski definition) is 4. The van der Waals surface area contributed by atoms with Crippen LogP contribution in [-0.2, 0) is 12.8 Å². The first-order valence-electron chi connectivity index (χ1n) is 9.11. The Bertz CT molecular complexity index is 859. The molecule has 0 saturated heterocycles. The molecule has 26 heavy (non-hydrogen) atoms. The SMILES string of the molecule is CCCCc1occ2c1CCCC(C(=O)c1ccc([N+](=O)[O-])cc1)=C2C. The van der Waals surface area contributed by atoms with Crippen molar-refractivity contribution >= 4 is 17.0 Å². The van der Waals surface area contributed by atoms with E-state index < -0.39 is 4.92 Å². The van der Waals surface area contributed by atoms with Crippen molar-refractivity contribution in [3.05, 3.63) is 68.7 Å². The molecule has 1 aliphatic rings. The second kappa shape index (κ2) is 7.68. The maximum Gasteiger partial charge on any atom is 0.269 e. The lowest BCUT2D eigenvalue weighted by Crippen LogP contribution is -2.05. The molecule has 0 saturated carbocycles. The highest BCUT2D eigenvalue weighted by molar-refractivity contribution is 6.13. The van der Waals surface area contributed by atoms with Crippen molar-refractivity contribution < 1.29 is 14.1 Å². The maximum absolute atomic E-state index is 13.0. The fraction of sp³-hybridized carbons (Fsp3) is 0.381. The van der Waals surface area contributed by atoms with Gasteiger partial charge >= 0.3 is 0 Å². The average molecular weight is 353 g/mol. The van der Waals surface area contributed by atoms with Crippen LogP contribution < -0.4 is 0 Å². The normalized spacial score (nSPS) is 14.1. The molecular weight excluding hydrogens is 330 g/mol. The van der Waals surface area contributed by atoms with Gasteiger partial charge in [0.05, 0.1) is 11.2 Å². The van der Waals surface area contributed by atoms with Crippen LogP contribution in [0.15, 0.2) is 40.5 Å². The van der Waals surface area contributed by atoms with E-state index in [1.807, 2.05) is 6.92 Å². The van der Waals surface area contributed by atoms with Crippen molar-refractivity contribution in [2.75, 3.05) is 0 Å². The van der Waals surface area contributed by atoms with Gasteiger partial charge in [-0.25, -0.2) is 0 Å². The van der Waals surface area contributed by atoms with Crippen molar-refractivity contribution in [2.24, 2.45) is 0 Å². The van der Waals surface area contributed by atoms with Gasteiger partial charge in [0, 0.05) is 40.8 Å². The Hall–Kier alpha value is -2.69. The van der Waals surface area contributed by atoms with Crippen LogP contribution in [0.2, 0.25) is 0 Å². The third kappa shape index (κ3) is 3.47. The van der Waals surface area contributed by atoms with Crippen molar-refractivity contribution in [3.8, 4) is 0 Å². The van der Waals surface area contributed by atoms with Crippen molar-refractivity contribution in [1.82, 2.24) is 0 Å². The Morgan fingerprint density at radius 2 is 1.96 bits per heavy atom. The minimum Gasteiger partial charge on any atom is -0.468 e. The number of allylic oxidation sites excluding steroid dienone is 2. The molecule has 1 aromatic carbocycles. The summed E-state index contributed by atoms with van der Waals surface area (Å²) in [4.78, 5) is 23.3. The smallest absolute Gasteiger partial charge is 0.269 e. The van der Waals surface area contributed by atoms with Gasteiger partial charge in [-0.3, -0.25) is 14.9 Å². The lowest BCUT2D eigenvalue weighted by molar-refractivity contribution is -0.384. The molecule has 136 valence electrons. The number of furan rings is 1. The molecular formula is C21H23NO4. The van der Waals surface area contributed by atoms with E-state index >= 15 is 0 Å². The highest BCUT2D eigenvalue weighted by atomic mass is 16.6. The van der Waals surface area contributed by atoms with Gasteiger partial charge in [-0.05, 0) is 50.3 Å². The van der Waals surface area contributed by atoms with Crippen molar-refractivity contribution in [1.29, 1.82) is 0 Å². The summed E-state index contributed by atoms with van der Waals surface area (Å²) in [5, 5.41) is 10.8. The number of non-ortho nitro benzene ring substituents is 1. The Labute approximate surface area is 152 Å². The summed E-state index contributed by atoms with van der Waals surface area (Å²) in [6, 6.07) is 5.83.